The minimum atomic E-state index is -0.306. The van der Waals surface area contributed by atoms with E-state index in [1.54, 1.807) is 0 Å². The fourth-order valence-corrected chi connectivity index (χ4v) is 3.95. The van der Waals surface area contributed by atoms with Crippen LogP contribution < -0.4 is 0 Å². The van der Waals surface area contributed by atoms with Crippen molar-refractivity contribution >= 4 is 23.4 Å². The Hall–Kier alpha value is -1.27. The van der Waals surface area contributed by atoms with Gasteiger partial charge in [-0.1, -0.05) is 12.8 Å². The number of carbonyl (C=O) groups is 2. The Bertz CT molecular complexity index is 717. The molecule has 0 aromatic rings. The van der Waals surface area contributed by atoms with E-state index in [1.807, 2.05) is 0 Å². The van der Waals surface area contributed by atoms with Crippen molar-refractivity contribution < 1.29 is 61.7 Å². The van der Waals surface area contributed by atoms with Gasteiger partial charge < -0.3 is 52.1 Å². The van der Waals surface area contributed by atoms with Gasteiger partial charge in [0.25, 0.3) is 11.8 Å². The molecule has 0 spiro atoms. The molecule has 1 rings (SSSR count). The summed E-state index contributed by atoms with van der Waals surface area (Å²) in [7, 11) is 0. The minimum absolute atomic E-state index is 0.240. The van der Waals surface area contributed by atoms with Crippen LogP contribution in [0.3, 0.4) is 0 Å². The molecule has 0 aliphatic carbocycles. The van der Waals surface area contributed by atoms with E-state index < -0.39 is 0 Å². The third kappa shape index (κ3) is 30.5. The van der Waals surface area contributed by atoms with Gasteiger partial charge in [0, 0.05) is 24.6 Å². The first-order valence-electron chi connectivity index (χ1n) is 16.7. The number of rotatable bonds is 39. The molecule has 1 aliphatic rings. The van der Waals surface area contributed by atoms with Gasteiger partial charge in [0.15, 0.2) is 0 Å². The highest BCUT2D eigenvalue weighted by Gasteiger charge is 2.22. The summed E-state index contributed by atoms with van der Waals surface area (Å²) in [6.45, 7) is 11.2. The SMILES string of the molecule is O=C1C=CC(=O)N1CCOCCOCCOCCOCCOCCOCCOCCOCCOCCOCCOCCCCCCCl. The maximum absolute atomic E-state index is 11.4. The molecule has 0 aromatic carbocycles. The van der Waals surface area contributed by atoms with Gasteiger partial charge in [-0.25, -0.2) is 0 Å². The van der Waals surface area contributed by atoms with Crippen molar-refractivity contribution in [2.75, 3.05) is 158 Å². The normalized spacial score (nSPS) is 13.1. The summed E-state index contributed by atoms with van der Waals surface area (Å²) < 4.78 is 60.0. The fraction of sp³-hybridized carbons (Fsp3) is 0.875. The average Bonchev–Trinajstić information content (AvgIpc) is 3.40. The molecule has 0 saturated heterocycles. The van der Waals surface area contributed by atoms with Gasteiger partial charge in [0.2, 0.25) is 0 Å². The van der Waals surface area contributed by atoms with E-state index in [1.165, 1.54) is 18.6 Å². The Morgan fingerprint density at radius 2 is 0.617 bits per heavy atom. The highest BCUT2D eigenvalue weighted by Crippen LogP contribution is 2.02. The van der Waals surface area contributed by atoms with Crippen molar-refractivity contribution in [1.82, 2.24) is 4.90 Å². The zero-order valence-electron chi connectivity index (χ0n) is 28.1. The molecule has 2 amide bonds. The van der Waals surface area contributed by atoms with Crippen molar-refractivity contribution in [3.8, 4) is 0 Å². The molecule has 276 valence electrons. The van der Waals surface area contributed by atoms with Crippen molar-refractivity contribution in [3.63, 3.8) is 0 Å². The van der Waals surface area contributed by atoms with Crippen LogP contribution in [-0.4, -0.2) is 174 Å². The first-order valence-corrected chi connectivity index (χ1v) is 17.2. The molecule has 47 heavy (non-hydrogen) atoms. The molecule has 0 N–H and O–H groups in total. The van der Waals surface area contributed by atoms with Gasteiger partial charge in [-0.2, -0.15) is 0 Å². The minimum Gasteiger partial charge on any atom is -0.379 e. The Morgan fingerprint density at radius 1 is 0.362 bits per heavy atom. The molecule has 15 heteroatoms. The molecule has 14 nitrogen and oxygen atoms in total. The number of amides is 2. The van der Waals surface area contributed by atoms with E-state index in [0.29, 0.717) is 132 Å². The second-order valence-electron chi connectivity index (χ2n) is 10.0. The summed E-state index contributed by atoms with van der Waals surface area (Å²) >= 11 is 5.65. The molecule has 0 fully saturated rings. The lowest BCUT2D eigenvalue weighted by atomic mass is 10.2. The summed E-state index contributed by atoms with van der Waals surface area (Å²) in [4.78, 5) is 23.9. The lowest BCUT2D eigenvalue weighted by Gasteiger charge is -2.13. The molecule has 0 bridgehead atoms. The van der Waals surface area contributed by atoms with Gasteiger partial charge in [-0.05, 0) is 12.8 Å². The Morgan fingerprint density at radius 3 is 0.915 bits per heavy atom. The average molecular weight is 700 g/mol. The van der Waals surface area contributed by atoms with Crippen LogP contribution in [0.1, 0.15) is 25.7 Å². The van der Waals surface area contributed by atoms with Crippen LogP contribution >= 0.6 is 11.6 Å². The lowest BCUT2D eigenvalue weighted by Crippen LogP contribution is -2.33. The zero-order chi connectivity index (χ0) is 33.7. The molecular formula is C32H58ClNO13. The number of imide groups is 1. The van der Waals surface area contributed by atoms with Crippen LogP contribution in [0.25, 0.3) is 0 Å². The van der Waals surface area contributed by atoms with Crippen molar-refractivity contribution in [2.45, 2.75) is 25.7 Å². The van der Waals surface area contributed by atoms with Gasteiger partial charge in [-0.15, -0.1) is 11.6 Å². The largest absolute Gasteiger partial charge is 0.379 e. The maximum atomic E-state index is 11.4. The number of hydrogen-bond donors (Lipinski definition) is 0. The van der Waals surface area contributed by atoms with E-state index >= 15 is 0 Å². The number of carbonyl (C=O) groups excluding carboxylic acids is 2. The van der Waals surface area contributed by atoms with Gasteiger partial charge >= 0.3 is 0 Å². The van der Waals surface area contributed by atoms with E-state index in [-0.39, 0.29) is 25.0 Å². The first-order chi connectivity index (χ1) is 23.3. The summed E-state index contributed by atoms with van der Waals surface area (Å²) in [5.74, 6) is 0.127. The van der Waals surface area contributed by atoms with Gasteiger partial charge in [0.1, 0.15) is 0 Å². The van der Waals surface area contributed by atoms with E-state index in [4.69, 9.17) is 63.7 Å². The van der Waals surface area contributed by atoms with Crippen LogP contribution in [0.15, 0.2) is 12.2 Å². The smallest absolute Gasteiger partial charge is 0.253 e. The van der Waals surface area contributed by atoms with Crippen LogP contribution in [0, 0.1) is 0 Å². The number of alkyl halides is 1. The molecule has 0 atom stereocenters. The Kier molecular flexibility index (Phi) is 33.5. The first kappa shape index (κ1) is 43.8. The Labute approximate surface area is 285 Å². The molecule has 1 heterocycles. The molecule has 0 saturated carbocycles. The van der Waals surface area contributed by atoms with Crippen molar-refractivity contribution in [3.05, 3.63) is 12.2 Å². The van der Waals surface area contributed by atoms with Crippen LogP contribution in [0.5, 0.6) is 0 Å². The van der Waals surface area contributed by atoms with E-state index in [0.717, 1.165) is 36.6 Å². The number of hydrogen-bond acceptors (Lipinski definition) is 13. The van der Waals surface area contributed by atoms with Gasteiger partial charge in [0.05, 0.1) is 145 Å². The third-order valence-electron chi connectivity index (χ3n) is 6.25. The topological polar surface area (TPSA) is 139 Å². The van der Waals surface area contributed by atoms with Crippen LogP contribution in [-0.2, 0) is 61.7 Å². The Balaban J connectivity index is 1.62. The third-order valence-corrected chi connectivity index (χ3v) is 6.52. The van der Waals surface area contributed by atoms with E-state index in [9.17, 15) is 9.59 Å². The quantitative estimate of drug-likeness (QED) is 0.0525. The zero-order valence-corrected chi connectivity index (χ0v) is 28.8. The number of ether oxygens (including phenoxy) is 11. The number of nitrogens with zero attached hydrogens (tertiary/aromatic N) is 1. The second-order valence-corrected chi connectivity index (χ2v) is 10.4. The monoisotopic (exact) mass is 699 g/mol. The standard InChI is InChI=1S/C32H58ClNO13/c33-7-3-1-2-4-9-37-11-13-39-15-17-41-19-21-43-23-25-45-27-29-47-30-28-46-26-24-44-22-20-42-18-16-40-14-12-38-10-8-34-31(35)5-6-32(34)36/h5-6H,1-4,7-30H2. The number of halogens is 1. The van der Waals surface area contributed by atoms with E-state index in [2.05, 4.69) is 0 Å². The predicted molar refractivity (Wildman–Crippen MR) is 174 cm³/mol. The maximum Gasteiger partial charge on any atom is 0.253 e. The van der Waals surface area contributed by atoms with Crippen molar-refractivity contribution in [2.24, 2.45) is 0 Å². The fourth-order valence-electron chi connectivity index (χ4n) is 3.76. The van der Waals surface area contributed by atoms with Crippen LogP contribution in [0.2, 0.25) is 0 Å². The van der Waals surface area contributed by atoms with Gasteiger partial charge in [-0.3, -0.25) is 14.5 Å². The summed E-state index contributed by atoms with van der Waals surface area (Å²) in [6, 6.07) is 0. The lowest BCUT2D eigenvalue weighted by molar-refractivity contribution is -0.137. The van der Waals surface area contributed by atoms with Crippen LogP contribution in [0.4, 0.5) is 0 Å². The summed E-state index contributed by atoms with van der Waals surface area (Å²) in [5, 5.41) is 0. The predicted octanol–water partition coefficient (Wildman–Crippen LogP) is 1.89. The molecule has 0 radical (unpaired) electrons. The highest BCUT2D eigenvalue weighted by molar-refractivity contribution is 6.17. The highest BCUT2D eigenvalue weighted by atomic mass is 35.5. The summed E-state index contributed by atoms with van der Waals surface area (Å²) in [5.41, 5.74) is 0. The number of unbranched alkanes of at least 4 members (excludes halogenated alkanes) is 3. The van der Waals surface area contributed by atoms with Crippen molar-refractivity contribution in [1.29, 1.82) is 0 Å². The summed E-state index contributed by atoms with van der Waals surface area (Å²) in [6.07, 6.45) is 6.99. The molecule has 0 unspecified atom stereocenters. The second kappa shape index (κ2) is 36.0. The molecule has 0 aromatic heterocycles. The molecular weight excluding hydrogens is 642 g/mol. The molecule has 1 aliphatic heterocycles.